The molecular formula is C13H14ClN3O2. The Morgan fingerprint density at radius 2 is 2.11 bits per heavy atom. The van der Waals surface area contributed by atoms with Gasteiger partial charge in [0, 0.05) is 17.3 Å². The molecule has 1 unspecified atom stereocenters. The molecule has 3 rings (SSSR count). The summed E-state index contributed by atoms with van der Waals surface area (Å²) in [6.07, 6.45) is 0. The number of benzene rings is 1. The topological polar surface area (TPSA) is 58.5 Å². The van der Waals surface area contributed by atoms with Crippen molar-refractivity contribution in [1.82, 2.24) is 10.2 Å². The van der Waals surface area contributed by atoms with Gasteiger partial charge in [0.15, 0.2) is 11.0 Å². The summed E-state index contributed by atoms with van der Waals surface area (Å²) in [5.41, 5.74) is 0. The highest BCUT2D eigenvalue weighted by Gasteiger charge is 2.25. The Bertz CT molecular complexity index is 593. The molecule has 1 aromatic carbocycles. The Kier molecular flexibility index (Phi) is 3.50. The van der Waals surface area contributed by atoms with Gasteiger partial charge in [0.1, 0.15) is 0 Å². The Labute approximate surface area is 115 Å². The molecule has 100 valence electrons. The molecule has 0 amide bonds. The van der Waals surface area contributed by atoms with Gasteiger partial charge >= 0.3 is 0 Å². The van der Waals surface area contributed by atoms with Crippen molar-refractivity contribution in [3.8, 4) is 0 Å². The number of hydrogen-bond acceptors (Lipinski definition) is 5. The van der Waals surface area contributed by atoms with Crippen molar-refractivity contribution in [2.45, 2.75) is 6.04 Å². The Morgan fingerprint density at radius 1 is 1.32 bits per heavy atom. The molecule has 1 atom stereocenters. The summed E-state index contributed by atoms with van der Waals surface area (Å²) in [4.78, 5) is 2.04. The highest BCUT2D eigenvalue weighted by Crippen LogP contribution is 2.29. The predicted octanol–water partition coefficient (Wildman–Crippen LogP) is 1.48. The highest BCUT2D eigenvalue weighted by molar-refractivity contribution is 6.34. The first-order valence-electron chi connectivity index (χ1n) is 6.17. The van der Waals surface area contributed by atoms with Crippen LogP contribution in [0.1, 0.15) is 0 Å². The van der Waals surface area contributed by atoms with E-state index in [1.165, 1.54) is 0 Å². The number of ether oxygens (including phenoxy) is 1. The standard InChI is InChI=1S/C13H14ClN3O2/c14-12-10-3-1-2-4-11(10)13(16-15-12)17-5-6-19-8-9(17)7-18/h1-4,9,18H,5-8H2. The Morgan fingerprint density at radius 3 is 2.89 bits per heavy atom. The number of aliphatic hydroxyl groups excluding tert-OH is 1. The number of aliphatic hydroxyl groups is 1. The molecule has 1 fully saturated rings. The molecule has 0 spiro atoms. The minimum absolute atomic E-state index is 0.0264. The maximum atomic E-state index is 9.45. The molecule has 0 saturated carbocycles. The van der Waals surface area contributed by atoms with Gasteiger partial charge in [-0.25, -0.2) is 0 Å². The molecule has 5 nitrogen and oxygen atoms in total. The molecule has 2 heterocycles. The van der Waals surface area contributed by atoms with E-state index in [2.05, 4.69) is 10.2 Å². The highest BCUT2D eigenvalue weighted by atomic mass is 35.5. The van der Waals surface area contributed by atoms with E-state index in [-0.39, 0.29) is 12.6 Å². The molecule has 0 aliphatic carbocycles. The molecular weight excluding hydrogens is 266 g/mol. The first-order valence-corrected chi connectivity index (χ1v) is 6.55. The summed E-state index contributed by atoms with van der Waals surface area (Å²) in [6.45, 7) is 1.83. The zero-order valence-electron chi connectivity index (χ0n) is 10.3. The number of fused-ring (bicyclic) bond motifs is 1. The predicted molar refractivity (Wildman–Crippen MR) is 73.6 cm³/mol. The van der Waals surface area contributed by atoms with Crippen LogP contribution in [0, 0.1) is 0 Å². The number of hydrogen-bond donors (Lipinski definition) is 1. The Balaban J connectivity index is 2.11. The summed E-state index contributed by atoms with van der Waals surface area (Å²) < 4.78 is 5.38. The van der Waals surface area contributed by atoms with Gasteiger partial charge in [0.25, 0.3) is 0 Å². The zero-order chi connectivity index (χ0) is 13.2. The number of nitrogens with zero attached hydrogens (tertiary/aromatic N) is 3. The molecule has 0 bridgehead atoms. The lowest BCUT2D eigenvalue weighted by atomic mass is 10.1. The van der Waals surface area contributed by atoms with Crippen LogP contribution >= 0.6 is 11.6 Å². The molecule has 0 radical (unpaired) electrons. The number of halogens is 1. The van der Waals surface area contributed by atoms with Crippen molar-refractivity contribution < 1.29 is 9.84 Å². The number of aromatic nitrogens is 2. The van der Waals surface area contributed by atoms with E-state index in [1.807, 2.05) is 29.2 Å². The van der Waals surface area contributed by atoms with Crippen LogP contribution in [-0.4, -0.2) is 47.7 Å². The maximum Gasteiger partial charge on any atom is 0.159 e. The molecule has 2 aromatic rings. The second kappa shape index (κ2) is 5.28. The average molecular weight is 280 g/mol. The normalized spacial score (nSPS) is 19.9. The summed E-state index contributed by atoms with van der Waals surface area (Å²) in [6, 6.07) is 7.66. The second-order valence-electron chi connectivity index (χ2n) is 4.46. The van der Waals surface area contributed by atoms with E-state index in [4.69, 9.17) is 16.3 Å². The van der Waals surface area contributed by atoms with Crippen molar-refractivity contribution in [1.29, 1.82) is 0 Å². The molecule has 1 aliphatic rings. The summed E-state index contributed by atoms with van der Waals surface area (Å²) >= 11 is 6.07. The minimum atomic E-state index is -0.0902. The first-order chi connectivity index (χ1) is 9.31. The fourth-order valence-electron chi connectivity index (χ4n) is 2.35. The third kappa shape index (κ3) is 2.25. The van der Waals surface area contributed by atoms with Crippen LogP contribution in [0.5, 0.6) is 0 Å². The van der Waals surface area contributed by atoms with Crippen molar-refractivity contribution in [3.05, 3.63) is 29.4 Å². The largest absolute Gasteiger partial charge is 0.394 e. The van der Waals surface area contributed by atoms with Crippen LogP contribution in [0.25, 0.3) is 10.8 Å². The Hall–Kier alpha value is -1.43. The fraction of sp³-hybridized carbons (Fsp3) is 0.385. The monoisotopic (exact) mass is 279 g/mol. The van der Waals surface area contributed by atoms with E-state index in [9.17, 15) is 5.11 Å². The van der Waals surface area contributed by atoms with Crippen LogP contribution in [0.2, 0.25) is 5.15 Å². The van der Waals surface area contributed by atoms with Crippen LogP contribution in [-0.2, 0) is 4.74 Å². The van der Waals surface area contributed by atoms with Gasteiger partial charge in [-0.1, -0.05) is 35.9 Å². The van der Waals surface area contributed by atoms with Gasteiger partial charge in [-0.15, -0.1) is 10.2 Å². The molecule has 19 heavy (non-hydrogen) atoms. The van der Waals surface area contributed by atoms with Crippen LogP contribution < -0.4 is 4.90 Å². The van der Waals surface area contributed by atoms with Gasteiger partial charge in [-0.05, 0) is 0 Å². The van der Waals surface area contributed by atoms with Gasteiger partial charge in [0.2, 0.25) is 0 Å². The molecule has 1 aliphatic heterocycles. The lowest BCUT2D eigenvalue weighted by Crippen LogP contribution is -2.48. The average Bonchev–Trinajstić information content (AvgIpc) is 2.48. The molecule has 1 saturated heterocycles. The van der Waals surface area contributed by atoms with Crippen molar-refractivity contribution in [2.24, 2.45) is 0 Å². The van der Waals surface area contributed by atoms with E-state index in [0.29, 0.717) is 24.9 Å². The third-order valence-electron chi connectivity index (χ3n) is 3.33. The number of morpholine rings is 1. The van der Waals surface area contributed by atoms with Crippen molar-refractivity contribution in [3.63, 3.8) is 0 Å². The first kappa shape index (κ1) is 12.6. The van der Waals surface area contributed by atoms with Crippen LogP contribution in [0.4, 0.5) is 5.82 Å². The van der Waals surface area contributed by atoms with Gasteiger partial charge < -0.3 is 14.7 Å². The minimum Gasteiger partial charge on any atom is -0.394 e. The summed E-state index contributed by atoms with van der Waals surface area (Å²) in [5, 5.41) is 19.9. The zero-order valence-corrected chi connectivity index (χ0v) is 11.0. The lowest BCUT2D eigenvalue weighted by Gasteiger charge is -2.35. The second-order valence-corrected chi connectivity index (χ2v) is 4.82. The maximum absolute atomic E-state index is 9.45. The fourth-order valence-corrected chi connectivity index (χ4v) is 2.56. The van der Waals surface area contributed by atoms with Crippen molar-refractivity contribution >= 4 is 28.2 Å². The molecule has 1 N–H and O–H groups in total. The lowest BCUT2D eigenvalue weighted by molar-refractivity contribution is 0.0723. The van der Waals surface area contributed by atoms with Crippen LogP contribution in [0.15, 0.2) is 24.3 Å². The third-order valence-corrected chi connectivity index (χ3v) is 3.61. The van der Waals surface area contributed by atoms with E-state index in [0.717, 1.165) is 16.6 Å². The SMILES string of the molecule is OCC1COCCN1c1nnc(Cl)c2ccccc12. The van der Waals surface area contributed by atoms with E-state index in [1.54, 1.807) is 0 Å². The van der Waals surface area contributed by atoms with E-state index >= 15 is 0 Å². The quantitative estimate of drug-likeness (QED) is 0.902. The number of rotatable bonds is 2. The summed E-state index contributed by atoms with van der Waals surface area (Å²) in [5.74, 6) is 0.752. The molecule has 6 heteroatoms. The van der Waals surface area contributed by atoms with Gasteiger partial charge in [-0.3, -0.25) is 0 Å². The van der Waals surface area contributed by atoms with E-state index < -0.39 is 0 Å². The smallest absolute Gasteiger partial charge is 0.159 e. The van der Waals surface area contributed by atoms with Gasteiger partial charge in [0.05, 0.1) is 25.9 Å². The van der Waals surface area contributed by atoms with Crippen LogP contribution in [0.3, 0.4) is 0 Å². The van der Waals surface area contributed by atoms with Crippen molar-refractivity contribution in [2.75, 3.05) is 31.3 Å². The number of anilines is 1. The van der Waals surface area contributed by atoms with Gasteiger partial charge in [-0.2, -0.15) is 0 Å². The molecule has 1 aromatic heterocycles. The summed E-state index contributed by atoms with van der Waals surface area (Å²) in [7, 11) is 0.